The summed E-state index contributed by atoms with van der Waals surface area (Å²) in [5, 5.41) is 9.38. The van der Waals surface area contributed by atoms with Crippen LogP contribution in [-0.2, 0) is 0 Å². The van der Waals surface area contributed by atoms with Crippen molar-refractivity contribution in [3.63, 3.8) is 0 Å². The highest BCUT2D eigenvalue weighted by Crippen LogP contribution is 2.35. The number of hydrogen-bond donors (Lipinski definition) is 2. The maximum Gasteiger partial charge on any atom is 0.166 e. The van der Waals surface area contributed by atoms with Crippen LogP contribution in [-0.4, -0.2) is 16.2 Å². The Bertz CT molecular complexity index is 816. The van der Waals surface area contributed by atoms with Gasteiger partial charge in [0, 0.05) is 28.4 Å². The molecular formula is C17H15Cl2FN2O2. The van der Waals surface area contributed by atoms with Crippen molar-refractivity contribution in [3.05, 3.63) is 51.4 Å². The van der Waals surface area contributed by atoms with Gasteiger partial charge in [0.1, 0.15) is 18.0 Å². The predicted molar refractivity (Wildman–Crippen MR) is 92.7 cm³/mol. The minimum absolute atomic E-state index is 0.105. The first kappa shape index (κ1) is 18.3. The number of anilines is 1. The number of benzene rings is 1. The van der Waals surface area contributed by atoms with Crippen molar-refractivity contribution in [3.8, 4) is 17.6 Å². The van der Waals surface area contributed by atoms with Gasteiger partial charge in [0.05, 0.1) is 5.02 Å². The zero-order valence-electron chi connectivity index (χ0n) is 13.0. The molecule has 1 aromatic heterocycles. The molecule has 7 heteroatoms. The Hall–Kier alpha value is -2.00. The van der Waals surface area contributed by atoms with Crippen LogP contribution >= 0.6 is 23.2 Å². The summed E-state index contributed by atoms with van der Waals surface area (Å²) in [6.45, 7) is 3.21. The van der Waals surface area contributed by atoms with Crippen molar-refractivity contribution in [2.24, 2.45) is 0 Å². The maximum atomic E-state index is 13.7. The summed E-state index contributed by atoms with van der Waals surface area (Å²) in [7, 11) is 0. The molecule has 2 atom stereocenters. The van der Waals surface area contributed by atoms with Gasteiger partial charge in [0.2, 0.25) is 0 Å². The van der Waals surface area contributed by atoms with E-state index in [9.17, 15) is 9.50 Å². The quantitative estimate of drug-likeness (QED) is 0.634. The summed E-state index contributed by atoms with van der Waals surface area (Å²) < 4.78 is 19.4. The van der Waals surface area contributed by atoms with Crippen LogP contribution in [0.25, 0.3) is 0 Å². The van der Waals surface area contributed by atoms with E-state index in [1.54, 1.807) is 19.9 Å². The topological polar surface area (TPSA) is 68.4 Å². The van der Waals surface area contributed by atoms with Crippen LogP contribution < -0.4 is 10.5 Å². The molecule has 0 spiro atoms. The van der Waals surface area contributed by atoms with Gasteiger partial charge in [0.25, 0.3) is 0 Å². The molecule has 2 unspecified atom stereocenters. The molecule has 0 fully saturated rings. The number of hydrogen-bond acceptors (Lipinski definition) is 4. The Morgan fingerprint density at radius 3 is 2.71 bits per heavy atom. The number of aliphatic hydroxyl groups is 1. The van der Waals surface area contributed by atoms with Gasteiger partial charge in [-0.25, -0.2) is 9.37 Å². The Morgan fingerprint density at radius 2 is 2.04 bits per heavy atom. The number of aromatic nitrogens is 1. The number of halogens is 3. The molecule has 0 aliphatic heterocycles. The lowest BCUT2D eigenvalue weighted by molar-refractivity contribution is 0.227. The van der Waals surface area contributed by atoms with Gasteiger partial charge >= 0.3 is 0 Å². The van der Waals surface area contributed by atoms with E-state index in [1.165, 1.54) is 18.3 Å². The highest BCUT2D eigenvalue weighted by Gasteiger charge is 2.19. The van der Waals surface area contributed by atoms with Crippen LogP contribution in [0.3, 0.4) is 0 Å². The van der Waals surface area contributed by atoms with E-state index in [1.807, 2.05) is 0 Å². The molecule has 126 valence electrons. The summed E-state index contributed by atoms with van der Waals surface area (Å²) in [4.78, 5) is 3.99. The fourth-order valence-electron chi connectivity index (χ4n) is 1.97. The number of pyridine rings is 1. The zero-order valence-corrected chi connectivity index (χ0v) is 14.5. The Kier molecular flexibility index (Phi) is 5.89. The molecule has 0 aliphatic rings. The maximum absolute atomic E-state index is 13.7. The molecule has 0 saturated carbocycles. The van der Waals surface area contributed by atoms with E-state index in [2.05, 4.69) is 16.8 Å². The first-order valence-electron chi connectivity index (χ1n) is 7.04. The lowest BCUT2D eigenvalue weighted by atomic mass is 10.1. The summed E-state index contributed by atoms with van der Waals surface area (Å²) >= 11 is 12.1. The molecular weight excluding hydrogens is 354 g/mol. The van der Waals surface area contributed by atoms with Gasteiger partial charge in [-0.05, 0) is 26.0 Å². The van der Waals surface area contributed by atoms with E-state index in [-0.39, 0.29) is 21.6 Å². The number of nitrogens with zero attached hydrogens (tertiary/aromatic N) is 1. The number of rotatable bonds is 3. The van der Waals surface area contributed by atoms with Crippen LogP contribution in [0, 0.1) is 17.7 Å². The molecule has 4 nitrogen and oxygen atoms in total. The fourth-order valence-corrected chi connectivity index (χ4v) is 2.65. The summed E-state index contributed by atoms with van der Waals surface area (Å²) in [5.74, 6) is 5.16. The van der Waals surface area contributed by atoms with Gasteiger partial charge in [-0.2, -0.15) is 0 Å². The third-order valence-corrected chi connectivity index (χ3v) is 3.81. The van der Waals surface area contributed by atoms with Crippen molar-refractivity contribution < 1.29 is 14.2 Å². The lowest BCUT2D eigenvalue weighted by Crippen LogP contribution is -2.08. The second-order valence-corrected chi connectivity index (χ2v) is 5.85. The molecule has 0 amide bonds. The molecule has 0 saturated heterocycles. The zero-order chi connectivity index (χ0) is 17.9. The molecule has 24 heavy (non-hydrogen) atoms. The van der Waals surface area contributed by atoms with Crippen LogP contribution in [0.2, 0.25) is 10.0 Å². The monoisotopic (exact) mass is 368 g/mol. The van der Waals surface area contributed by atoms with Crippen molar-refractivity contribution in [1.82, 2.24) is 4.98 Å². The van der Waals surface area contributed by atoms with Crippen molar-refractivity contribution >= 4 is 29.0 Å². The Labute approximate surface area is 149 Å². The highest BCUT2D eigenvalue weighted by atomic mass is 35.5. The number of nitrogens with two attached hydrogens (primary N) is 1. The highest BCUT2D eigenvalue weighted by molar-refractivity contribution is 6.36. The van der Waals surface area contributed by atoms with E-state index in [0.717, 1.165) is 0 Å². The van der Waals surface area contributed by atoms with Crippen molar-refractivity contribution in [1.29, 1.82) is 0 Å². The molecule has 1 aromatic carbocycles. The van der Waals surface area contributed by atoms with Gasteiger partial charge < -0.3 is 15.6 Å². The van der Waals surface area contributed by atoms with E-state index in [4.69, 9.17) is 33.7 Å². The first-order chi connectivity index (χ1) is 11.3. The molecule has 0 aliphatic carbocycles. The minimum Gasteiger partial charge on any atom is -0.482 e. The molecule has 0 bridgehead atoms. The fraction of sp³-hybridized carbons (Fsp3) is 0.235. The third-order valence-electron chi connectivity index (χ3n) is 3.10. The Morgan fingerprint density at radius 1 is 1.33 bits per heavy atom. The van der Waals surface area contributed by atoms with Gasteiger partial charge in [-0.1, -0.05) is 35.0 Å². The second-order valence-electron chi connectivity index (χ2n) is 5.07. The van der Waals surface area contributed by atoms with E-state index < -0.39 is 18.0 Å². The smallest absolute Gasteiger partial charge is 0.166 e. The van der Waals surface area contributed by atoms with E-state index >= 15 is 0 Å². The SMILES string of the molecule is CC(O)C#Cc1cnc(N)c(OC(C)c2c(Cl)ccc(F)c2Cl)c1. The molecule has 2 aromatic rings. The third kappa shape index (κ3) is 4.30. The van der Waals surface area contributed by atoms with Crippen LogP contribution in [0.1, 0.15) is 31.1 Å². The van der Waals surface area contributed by atoms with Gasteiger partial charge in [-0.3, -0.25) is 0 Å². The predicted octanol–water partition coefficient (Wildman–Crippen LogP) is 3.98. The van der Waals surface area contributed by atoms with Gasteiger partial charge in [-0.15, -0.1) is 0 Å². The minimum atomic E-state index is -0.768. The standard InChI is InChI=1S/C17H15Cl2FN2O2/c1-9(23)3-4-11-7-14(17(21)22-8-11)24-10(2)15-12(18)5-6-13(20)16(15)19/h5-10,23H,1-2H3,(H2,21,22). The first-order valence-corrected chi connectivity index (χ1v) is 7.80. The molecule has 2 rings (SSSR count). The Balaban J connectivity index is 2.33. The second kappa shape index (κ2) is 7.71. The van der Waals surface area contributed by atoms with Gasteiger partial charge in [0.15, 0.2) is 11.6 Å². The molecule has 3 N–H and O–H groups in total. The van der Waals surface area contributed by atoms with Crippen LogP contribution in [0.4, 0.5) is 10.2 Å². The lowest BCUT2D eigenvalue weighted by Gasteiger charge is -2.18. The normalized spacial score (nSPS) is 12.9. The molecule has 1 heterocycles. The summed E-state index contributed by atoms with van der Waals surface area (Å²) in [5.41, 5.74) is 6.64. The average molecular weight is 369 g/mol. The van der Waals surface area contributed by atoms with Crippen molar-refractivity contribution in [2.45, 2.75) is 26.1 Å². The number of ether oxygens (including phenoxy) is 1. The average Bonchev–Trinajstić information content (AvgIpc) is 2.52. The largest absolute Gasteiger partial charge is 0.482 e. The molecule has 0 radical (unpaired) electrons. The number of nitrogen functional groups attached to an aromatic ring is 1. The van der Waals surface area contributed by atoms with Crippen molar-refractivity contribution in [2.75, 3.05) is 5.73 Å². The summed E-state index contributed by atoms with van der Waals surface area (Å²) in [6.07, 6.45) is 0.0326. The van der Waals surface area contributed by atoms with Crippen LogP contribution in [0.15, 0.2) is 24.4 Å². The van der Waals surface area contributed by atoms with E-state index in [0.29, 0.717) is 11.1 Å². The number of aliphatic hydroxyl groups excluding tert-OH is 1. The van der Waals surface area contributed by atoms with Crippen LogP contribution in [0.5, 0.6) is 5.75 Å². The summed E-state index contributed by atoms with van der Waals surface area (Å²) in [6, 6.07) is 4.17.